The van der Waals surface area contributed by atoms with Crippen molar-refractivity contribution >= 4 is 0 Å². The largest absolute Gasteiger partial charge is 0.460 e. The molecule has 0 bridgehead atoms. The number of rotatable bonds is 7. The molecule has 0 saturated carbocycles. The van der Waals surface area contributed by atoms with Crippen LogP contribution in [0.5, 0.6) is 0 Å². The Hall–Kier alpha value is -1.70. The molecule has 0 fully saturated rings. The van der Waals surface area contributed by atoms with Crippen molar-refractivity contribution in [3.05, 3.63) is 35.4 Å². The van der Waals surface area contributed by atoms with Gasteiger partial charge in [-0.2, -0.15) is 52.7 Å². The van der Waals surface area contributed by atoms with Crippen molar-refractivity contribution in [1.29, 1.82) is 0 Å². The average molecular weight is 480 g/mol. The average Bonchev–Trinajstić information content (AvgIpc) is 2.55. The van der Waals surface area contributed by atoms with Crippen LogP contribution in [0.2, 0.25) is 0 Å². The van der Waals surface area contributed by atoms with Gasteiger partial charge < -0.3 is 0 Å². The number of hydrogen-bond donors (Lipinski definition) is 0. The Morgan fingerprint density at radius 1 is 0.710 bits per heavy atom. The first-order valence-corrected chi connectivity index (χ1v) is 8.25. The second-order valence-electron chi connectivity index (χ2n) is 7.46. The van der Waals surface area contributed by atoms with Crippen molar-refractivity contribution < 1.29 is 62.5 Å². The van der Waals surface area contributed by atoms with Gasteiger partial charge in [0.2, 0.25) is 0 Å². The maximum absolute atomic E-state index is 14.0. The minimum absolute atomic E-state index is 0.351. The van der Waals surface area contributed by atoms with Crippen LogP contribution in [-0.4, -0.2) is 29.5 Å². The van der Waals surface area contributed by atoms with Crippen molar-refractivity contribution in [2.24, 2.45) is 0 Å². The van der Waals surface area contributed by atoms with E-state index in [4.69, 9.17) is 0 Å². The molecule has 1 aromatic rings. The van der Waals surface area contributed by atoms with E-state index in [1.54, 1.807) is 0 Å². The third kappa shape index (κ3) is 6.18. The van der Waals surface area contributed by atoms with Gasteiger partial charge in [-0.25, -0.2) is 9.78 Å². The van der Waals surface area contributed by atoms with Crippen LogP contribution < -0.4 is 0 Å². The van der Waals surface area contributed by atoms with Crippen LogP contribution >= 0.6 is 0 Å². The summed E-state index contributed by atoms with van der Waals surface area (Å²) in [5.74, 6) is -20.0. The molecule has 0 amide bonds. The molecule has 0 aliphatic carbocycles. The summed E-state index contributed by atoms with van der Waals surface area (Å²) < 4.78 is 156. The molecule has 0 radical (unpaired) electrons. The highest BCUT2D eigenvalue weighted by Gasteiger charge is 2.81. The lowest BCUT2D eigenvalue weighted by Crippen LogP contribution is -2.61. The van der Waals surface area contributed by atoms with E-state index in [2.05, 4.69) is 9.78 Å². The van der Waals surface area contributed by atoms with E-state index >= 15 is 0 Å². The second kappa shape index (κ2) is 8.34. The molecule has 0 N–H and O–H groups in total. The normalized spacial score (nSPS) is 15.8. The maximum Gasteiger partial charge on any atom is 0.460 e. The van der Waals surface area contributed by atoms with Gasteiger partial charge in [0, 0.05) is 0 Å². The number of hydrogen-bond acceptors (Lipinski definition) is 2. The lowest BCUT2D eigenvalue weighted by molar-refractivity contribution is -0.413. The van der Waals surface area contributed by atoms with Gasteiger partial charge in [0.1, 0.15) is 6.10 Å². The van der Waals surface area contributed by atoms with E-state index in [1.807, 2.05) is 0 Å². The van der Waals surface area contributed by atoms with Gasteiger partial charge in [0.15, 0.2) is 0 Å². The summed E-state index contributed by atoms with van der Waals surface area (Å²) in [6.45, 7) is 3.84. The van der Waals surface area contributed by atoms with Crippen molar-refractivity contribution in [1.82, 2.24) is 0 Å². The Morgan fingerprint density at radius 2 is 1.16 bits per heavy atom. The van der Waals surface area contributed by atoms with Gasteiger partial charge in [-0.05, 0) is 38.5 Å². The highest BCUT2D eigenvalue weighted by Crippen LogP contribution is 2.55. The Morgan fingerprint density at radius 3 is 1.52 bits per heavy atom. The zero-order chi connectivity index (χ0) is 24.7. The molecule has 0 aromatic heterocycles. The van der Waals surface area contributed by atoms with Crippen LogP contribution in [0.15, 0.2) is 24.3 Å². The molecule has 0 heterocycles. The van der Waals surface area contributed by atoms with Crippen LogP contribution in [0.25, 0.3) is 0 Å². The monoisotopic (exact) mass is 480 g/mol. The first-order chi connectivity index (χ1) is 13.5. The highest BCUT2D eigenvalue weighted by molar-refractivity contribution is 5.26. The van der Waals surface area contributed by atoms with E-state index in [9.17, 15) is 52.7 Å². The minimum atomic E-state index is -7.11. The highest BCUT2D eigenvalue weighted by atomic mass is 19.4. The van der Waals surface area contributed by atoms with Crippen LogP contribution in [-0.2, 0) is 16.0 Å². The minimum Gasteiger partial charge on any atom is -0.230 e. The Kier molecular flexibility index (Phi) is 7.35. The van der Waals surface area contributed by atoms with Crippen molar-refractivity contribution in [3.8, 4) is 0 Å². The van der Waals surface area contributed by atoms with Crippen LogP contribution in [0.4, 0.5) is 52.7 Å². The summed E-state index contributed by atoms with van der Waals surface area (Å²) in [6, 6.07) is 1.72. The fourth-order valence-electron chi connectivity index (χ4n) is 2.07. The summed E-state index contributed by atoms with van der Waals surface area (Å²) in [4.78, 5) is 9.17. The first-order valence-electron chi connectivity index (χ1n) is 8.25. The molecule has 180 valence electrons. The van der Waals surface area contributed by atoms with Gasteiger partial charge in [-0.3, -0.25) is 0 Å². The van der Waals surface area contributed by atoms with E-state index in [1.165, 1.54) is 20.8 Å². The van der Waals surface area contributed by atoms with Crippen molar-refractivity contribution in [3.63, 3.8) is 0 Å². The Labute approximate surface area is 168 Å². The molecule has 0 aliphatic heterocycles. The topological polar surface area (TPSA) is 18.5 Å². The lowest BCUT2D eigenvalue weighted by atomic mass is 9.95. The van der Waals surface area contributed by atoms with Gasteiger partial charge in [-0.15, -0.1) is 0 Å². The molecule has 14 heteroatoms. The molecule has 1 aromatic carbocycles. The number of benzene rings is 1. The van der Waals surface area contributed by atoms with E-state index in [0.717, 1.165) is 0 Å². The zero-order valence-corrected chi connectivity index (χ0v) is 15.9. The van der Waals surface area contributed by atoms with Crippen LogP contribution in [0.1, 0.15) is 44.4 Å². The van der Waals surface area contributed by atoms with Crippen LogP contribution in [0, 0.1) is 0 Å². The molecular weight excluding hydrogens is 464 g/mol. The van der Waals surface area contributed by atoms with E-state index in [-0.39, 0.29) is 0 Å². The van der Waals surface area contributed by atoms with Gasteiger partial charge in [0.25, 0.3) is 0 Å². The van der Waals surface area contributed by atoms with E-state index in [0.29, 0.717) is 24.3 Å². The summed E-state index contributed by atoms with van der Waals surface area (Å²) in [6.07, 6.45) is -16.8. The predicted molar refractivity (Wildman–Crippen MR) is 81.6 cm³/mol. The third-order valence-electron chi connectivity index (χ3n) is 3.68. The maximum atomic E-state index is 14.0. The summed E-state index contributed by atoms with van der Waals surface area (Å²) in [5, 5.41) is 0. The second-order valence-corrected chi connectivity index (χ2v) is 7.46. The fraction of sp³-hybridized carbons (Fsp3) is 0.647. The first kappa shape index (κ1) is 27.3. The summed E-state index contributed by atoms with van der Waals surface area (Å²) in [5.41, 5.74) is -3.23. The standard InChI is InChI=1S/C17H16F12O2/c1-12(2,3)31-30-11(9-4-6-10(7-5-9)14(20,21)22)8-13(18,19)15(23,24)16(25,26)17(27,28)29/h4-7,11H,8H2,1-3H3. The van der Waals surface area contributed by atoms with Crippen molar-refractivity contribution in [2.45, 2.75) is 69.0 Å². The SMILES string of the molecule is CC(C)(C)OOC(CC(F)(F)C(F)(F)C(F)(F)C(F)(F)F)c1ccc(C(F)(F)F)cc1. The molecule has 0 saturated heterocycles. The summed E-state index contributed by atoms with van der Waals surface area (Å²) >= 11 is 0. The van der Waals surface area contributed by atoms with Gasteiger partial charge in [0.05, 0.1) is 17.6 Å². The molecule has 0 spiro atoms. The van der Waals surface area contributed by atoms with E-state index < -0.39 is 59.4 Å². The molecule has 1 unspecified atom stereocenters. The third-order valence-corrected chi connectivity index (χ3v) is 3.68. The molecule has 2 nitrogen and oxygen atoms in total. The quantitative estimate of drug-likeness (QED) is 0.231. The smallest absolute Gasteiger partial charge is 0.230 e. The molecular formula is C17H16F12O2. The molecule has 1 rings (SSSR count). The lowest BCUT2D eigenvalue weighted by Gasteiger charge is -2.35. The van der Waals surface area contributed by atoms with Crippen molar-refractivity contribution in [2.75, 3.05) is 0 Å². The Balaban J connectivity index is 3.34. The predicted octanol–water partition coefficient (Wildman–Crippen LogP) is 7.35. The van der Waals surface area contributed by atoms with Crippen LogP contribution in [0.3, 0.4) is 0 Å². The molecule has 1 atom stereocenters. The number of halogens is 12. The Bertz CT molecular complexity index is 729. The zero-order valence-electron chi connectivity index (χ0n) is 15.9. The molecule has 0 aliphatic rings. The fourth-order valence-corrected chi connectivity index (χ4v) is 2.07. The van der Waals surface area contributed by atoms with Gasteiger partial charge in [-0.1, -0.05) is 12.1 Å². The van der Waals surface area contributed by atoms with Gasteiger partial charge >= 0.3 is 30.1 Å². The molecule has 31 heavy (non-hydrogen) atoms. The summed E-state index contributed by atoms with van der Waals surface area (Å²) in [7, 11) is 0. The number of alkyl halides is 12.